The number of halogens is 1. The van der Waals surface area contributed by atoms with Crippen LogP contribution >= 0.6 is 11.6 Å². The molecule has 0 fully saturated rings. The van der Waals surface area contributed by atoms with Crippen molar-refractivity contribution in [3.05, 3.63) is 40.1 Å². The van der Waals surface area contributed by atoms with Crippen molar-refractivity contribution in [3.8, 4) is 0 Å². The monoisotopic (exact) mass is 361 g/mol. The van der Waals surface area contributed by atoms with Crippen LogP contribution in [0.5, 0.6) is 0 Å². The largest absolute Gasteiger partial charge is 0.459 e. The summed E-state index contributed by atoms with van der Waals surface area (Å²) in [6.07, 6.45) is 0.769. The quantitative estimate of drug-likeness (QED) is 0.646. The van der Waals surface area contributed by atoms with Crippen molar-refractivity contribution in [2.24, 2.45) is 0 Å². The zero-order valence-corrected chi connectivity index (χ0v) is 15.3. The molecule has 132 valence electrons. The van der Waals surface area contributed by atoms with Crippen LogP contribution in [0.1, 0.15) is 42.9 Å². The number of nitrogens with one attached hydrogen (secondary N) is 3. The van der Waals surface area contributed by atoms with E-state index in [1.807, 2.05) is 26.8 Å². The number of carbonyl (C=O) groups is 1. The Morgan fingerprint density at radius 1 is 1.40 bits per heavy atom. The van der Waals surface area contributed by atoms with Crippen LogP contribution in [0.4, 0.5) is 10.5 Å². The molecule has 1 atom stereocenters. The number of rotatable bonds is 4. The number of anilines is 1. The summed E-state index contributed by atoms with van der Waals surface area (Å²) in [7, 11) is 0. The summed E-state index contributed by atoms with van der Waals surface area (Å²) in [6, 6.07) is 2.79. The SMILES string of the molecule is CCc1oc2c(NC(=O)N[C@@H](C)c3n[nH]c(C)n3)cc(Cl)cc2c1C. The predicted octanol–water partition coefficient (Wildman–Crippen LogP) is 4.27. The Kier molecular flexibility index (Phi) is 4.67. The van der Waals surface area contributed by atoms with Crippen LogP contribution in [0.3, 0.4) is 0 Å². The van der Waals surface area contributed by atoms with Crippen LogP contribution < -0.4 is 10.6 Å². The number of benzene rings is 1. The molecule has 0 aliphatic heterocycles. The number of H-pyrrole nitrogens is 1. The van der Waals surface area contributed by atoms with Crippen molar-refractivity contribution < 1.29 is 9.21 Å². The zero-order valence-electron chi connectivity index (χ0n) is 14.5. The molecule has 3 N–H and O–H groups in total. The minimum Gasteiger partial charge on any atom is -0.459 e. The Labute approximate surface area is 150 Å². The van der Waals surface area contributed by atoms with Gasteiger partial charge in [0.15, 0.2) is 11.4 Å². The number of amides is 2. The molecule has 7 nitrogen and oxygen atoms in total. The fraction of sp³-hybridized carbons (Fsp3) is 0.353. The van der Waals surface area contributed by atoms with E-state index in [0.717, 1.165) is 23.1 Å². The van der Waals surface area contributed by atoms with Gasteiger partial charge in [0, 0.05) is 16.8 Å². The maximum atomic E-state index is 12.3. The van der Waals surface area contributed by atoms with Gasteiger partial charge < -0.3 is 15.1 Å². The molecule has 0 bridgehead atoms. The van der Waals surface area contributed by atoms with Crippen molar-refractivity contribution in [2.45, 2.75) is 40.2 Å². The minimum absolute atomic E-state index is 0.343. The second-order valence-corrected chi connectivity index (χ2v) is 6.37. The Bertz CT molecular complexity index is 931. The van der Waals surface area contributed by atoms with Crippen molar-refractivity contribution in [1.82, 2.24) is 20.5 Å². The first-order chi connectivity index (χ1) is 11.9. The lowest BCUT2D eigenvalue weighted by Gasteiger charge is -2.12. The highest BCUT2D eigenvalue weighted by Gasteiger charge is 2.18. The molecule has 8 heteroatoms. The van der Waals surface area contributed by atoms with E-state index in [1.165, 1.54) is 0 Å². The third kappa shape index (κ3) is 3.46. The summed E-state index contributed by atoms with van der Waals surface area (Å²) >= 11 is 6.20. The van der Waals surface area contributed by atoms with Gasteiger partial charge in [-0.05, 0) is 38.5 Å². The van der Waals surface area contributed by atoms with Gasteiger partial charge >= 0.3 is 6.03 Å². The minimum atomic E-state index is -0.384. The molecule has 1 aromatic carbocycles. The number of fused-ring (bicyclic) bond motifs is 1. The molecule has 2 amide bonds. The Morgan fingerprint density at radius 3 is 2.80 bits per heavy atom. The van der Waals surface area contributed by atoms with Gasteiger partial charge in [0.05, 0.1) is 11.7 Å². The van der Waals surface area contributed by atoms with Crippen molar-refractivity contribution in [3.63, 3.8) is 0 Å². The maximum Gasteiger partial charge on any atom is 0.319 e. The van der Waals surface area contributed by atoms with Crippen LogP contribution in [-0.2, 0) is 6.42 Å². The Balaban J connectivity index is 1.83. The van der Waals surface area contributed by atoms with Gasteiger partial charge in [-0.3, -0.25) is 5.10 Å². The lowest BCUT2D eigenvalue weighted by molar-refractivity contribution is 0.249. The van der Waals surface area contributed by atoms with E-state index in [0.29, 0.717) is 27.9 Å². The van der Waals surface area contributed by atoms with Gasteiger partial charge in [0.1, 0.15) is 11.6 Å². The molecule has 0 saturated carbocycles. The van der Waals surface area contributed by atoms with Crippen LogP contribution in [0.2, 0.25) is 5.02 Å². The highest BCUT2D eigenvalue weighted by atomic mass is 35.5. The standard InChI is InChI=1S/C17H20ClN5O2/c1-5-14-8(2)12-6-11(18)7-13(15(12)25-14)21-17(24)19-9(3)16-20-10(4)22-23-16/h6-7,9H,5H2,1-4H3,(H2,19,21,24)(H,20,22,23)/t9-/m0/s1. The van der Waals surface area contributed by atoms with E-state index in [2.05, 4.69) is 25.8 Å². The van der Waals surface area contributed by atoms with E-state index in [4.69, 9.17) is 16.0 Å². The molecule has 0 saturated heterocycles. The highest BCUT2D eigenvalue weighted by molar-refractivity contribution is 6.32. The van der Waals surface area contributed by atoms with Crippen molar-refractivity contribution >= 4 is 34.3 Å². The molecule has 0 spiro atoms. The normalized spacial score (nSPS) is 12.4. The topological polar surface area (TPSA) is 95.8 Å². The molecule has 0 radical (unpaired) electrons. The lowest BCUT2D eigenvalue weighted by Crippen LogP contribution is -2.31. The number of aromatic amines is 1. The van der Waals surface area contributed by atoms with Crippen LogP contribution in [-0.4, -0.2) is 21.2 Å². The smallest absolute Gasteiger partial charge is 0.319 e. The molecule has 2 heterocycles. The third-order valence-corrected chi connectivity index (χ3v) is 4.24. The molecule has 25 heavy (non-hydrogen) atoms. The van der Waals surface area contributed by atoms with Crippen LogP contribution in [0.15, 0.2) is 16.5 Å². The van der Waals surface area contributed by atoms with Crippen LogP contribution in [0, 0.1) is 13.8 Å². The second-order valence-electron chi connectivity index (χ2n) is 5.93. The second kappa shape index (κ2) is 6.76. The summed E-state index contributed by atoms with van der Waals surface area (Å²) < 4.78 is 5.90. The summed E-state index contributed by atoms with van der Waals surface area (Å²) in [4.78, 5) is 16.6. The molecule has 0 aliphatic rings. The van der Waals surface area contributed by atoms with Gasteiger partial charge in [0.25, 0.3) is 0 Å². The van der Waals surface area contributed by atoms with Crippen molar-refractivity contribution in [1.29, 1.82) is 0 Å². The average molecular weight is 362 g/mol. The first-order valence-electron chi connectivity index (χ1n) is 8.07. The number of urea groups is 1. The van der Waals surface area contributed by atoms with E-state index >= 15 is 0 Å². The van der Waals surface area contributed by atoms with E-state index in [-0.39, 0.29) is 12.1 Å². The molecule has 0 aliphatic carbocycles. The van der Waals surface area contributed by atoms with E-state index in [9.17, 15) is 4.79 Å². The number of aromatic nitrogens is 3. The first kappa shape index (κ1) is 17.3. The molecule has 2 aromatic heterocycles. The fourth-order valence-electron chi connectivity index (χ4n) is 2.74. The summed E-state index contributed by atoms with van der Waals surface area (Å²) in [5.41, 5.74) is 2.18. The van der Waals surface area contributed by atoms with Gasteiger partial charge in [-0.25, -0.2) is 9.78 Å². The third-order valence-electron chi connectivity index (χ3n) is 4.02. The Morgan fingerprint density at radius 2 is 2.16 bits per heavy atom. The molecular formula is C17H20ClN5O2. The maximum absolute atomic E-state index is 12.3. The molecule has 3 rings (SSSR count). The summed E-state index contributed by atoms with van der Waals surface area (Å²) in [5, 5.41) is 13.8. The predicted molar refractivity (Wildman–Crippen MR) is 97.0 cm³/mol. The van der Waals surface area contributed by atoms with Gasteiger partial charge in [-0.15, -0.1) is 0 Å². The van der Waals surface area contributed by atoms with Crippen LogP contribution in [0.25, 0.3) is 11.0 Å². The van der Waals surface area contributed by atoms with Crippen molar-refractivity contribution in [2.75, 3.05) is 5.32 Å². The molecule has 3 aromatic rings. The van der Waals surface area contributed by atoms with E-state index < -0.39 is 0 Å². The number of aryl methyl sites for hydroxylation is 3. The average Bonchev–Trinajstić information content (AvgIpc) is 3.12. The summed E-state index contributed by atoms with van der Waals surface area (Å²) in [5.74, 6) is 2.09. The summed E-state index contributed by atoms with van der Waals surface area (Å²) in [6.45, 7) is 7.61. The van der Waals surface area contributed by atoms with Gasteiger partial charge in [-0.2, -0.15) is 5.10 Å². The van der Waals surface area contributed by atoms with E-state index in [1.54, 1.807) is 13.0 Å². The molecule has 0 unspecified atom stereocenters. The number of carbonyl (C=O) groups excluding carboxylic acids is 1. The number of nitrogens with zero attached hydrogens (tertiary/aromatic N) is 2. The Hall–Kier alpha value is -2.54. The molecular weight excluding hydrogens is 342 g/mol. The highest BCUT2D eigenvalue weighted by Crippen LogP contribution is 2.34. The first-order valence-corrected chi connectivity index (χ1v) is 8.44. The number of hydrogen-bond donors (Lipinski definition) is 3. The zero-order chi connectivity index (χ0) is 18.1. The van der Waals surface area contributed by atoms with Gasteiger partial charge in [0.2, 0.25) is 0 Å². The lowest BCUT2D eigenvalue weighted by atomic mass is 10.1. The fourth-order valence-corrected chi connectivity index (χ4v) is 2.95. The van der Waals surface area contributed by atoms with Gasteiger partial charge in [-0.1, -0.05) is 18.5 Å². The number of hydrogen-bond acceptors (Lipinski definition) is 4. The number of furan rings is 1.